The standard InChI is InChI=1S/C22H22N4O3/c1-12-8-16-17(9-13(12)2)25-22(24-16)20-18(27)11-26(21(20)23)15-6-4-14(5-7-15)10-19(28)29-3/h4-9,23,27H,10-11H2,1-3H3,(H,24,25). The molecule has 2 heterocycles. The summed E-state index contributed by atoms with van der Waals surface area (Å²) in [6.07, 6.45) is 0.195. The summed E-state index contributed by atoms with van der Waals surface area (Å²) in [5.74, 6) is 0.456. The molecule has 3 aromatic rings. The predicted octanol–water partition coefficient (Wildman–Crippen LogP) is 3.66. The maximum atomic E-state index is 11.4. The number of fused-ring (bicyclic) bond motifs is 1. The summed E-state index contributed by atoms with van der Waals surface area (Å²) in [6, 6.07) is 11.3. The number of carbonyl (C=O) groups is 1. The average Bonchev–Trinajstić information content (AvgIpc) is 3.22. The SMILES string of the molecule is COC(=O)Cc1ccc(N2CC(O)=C(c3nc4cc(C)c(C)cc4[nH]3)C2=N)cc1. The van der Waals surface area contributed by atoms with Crippen LogP contribution >= 0.6 is 0 Å². The number of ether oxygens (including phenoxy) is 1. The number of H-pyrrole nitrogens is 1. The normalized spacial score (nSPS) is 14.2. The van der Waals surface area contributed by atoms with Gasteiger partial charge in [-0.05, 0) is 54.8 Å². The highest BCUT2D eigenvalue weighted by molar-refractivity contribution is 6.30. The first kappa shape index (κ1) is 18.7. The van der Waals surface area contributed by atoms with E-state index >= 15 is 0 Å². The summed E-state index contributed by atoms with van der Waals surface area (Å²) >= 11 is 0. The zero-order chi connectivity index (χ0) is 20.7. The van der Waals surface area contributed by atoms with Crippen molar-refractivity contribution in [2.45, 2.75) is 20.3 Å². The molecule has 0 saturated carbocycles. The van der Waals surface area contributed by atoms with Crippen molar-refractivity contribution in [1.29, 1.82) is 5.41 Å². The van der Waals surface area contributed by atoms with Crippen LogP contribution < -0.4 is 4.90 Å². The molecule has 0 unspecified atom stereocenters. The number of methoxy groups -OCH3 is 1. The maximum Gasteiger partial charge on any atom is 0.309 e. The smallest absolute Gasteiger partial charge is 0.309 e. The molecule has 2 aromatic carbocycles. The number of hydrogen-bond donors (Lipinski definition) is 3. The Balaban J connectivity index is 1.61. The number of imidazole rings is 1. The van der Waals surface area contributed by atoms with E-state index in [2.05, 4.69) is 14.7 Å². The zero-order valence-corrected chi connectivity index (χ0v) is 16.5. The number of esters is 1. The van der Waals surface area contributed by atoms with Gasteiger partial charge in [-0.3, -0.25) is 10.2 Å². The van der Waals surface area contributed by atoms with Crippen molar-refractivity contribution in [2.24, 2.45) is 0 Å². The molecule has 29 heavy (non-hydrogen) atoms. The van der Waals surface area contributed by atoms with Crippen molar-refractivity contribution in [2.75, 3.05) is 18.6 Å². The second-order valence-corrected chi connectivity index (χ2v) is 7.21. The Kier molecular flexibility index (Phi) is 4.58. The molecule has 7 nitrogen and oxygen atoms in total. The van der Waals surface area contributed by atoms with E-state index < -0.39 is 0 Å². The zero-order valence-electron chi connectivity index (χ0n) is 16.5. The van der Waals surface area contributed by atoms with Crippen LogP contribution in [-0.4, -0.2) is 40.5 Å². The molecule has 0 fully saturated rings. The average molecular weight is 390 g/mol. The van der Waals surface area contributed by atoms with E-state index in [1.165, 1.54) is 7.11 Å². The van der Waals surface area contributed by atoms with Gasteiger partial charge in [0.05, 0.1) is 36.7 Å². The number of nitrogens with one attached hydrogen (secondary N) is 2. The van der Waals surface area contributed by atoms with E-state index in [9.17, 15) is 9.90 Å². The van der Waals surface area contributed by atoms with Gasteiger partial charge in [0, 0.05) is 5.69 Å². The van der Waals surface area contributed by atoms with Gasteiger partial charge < -0.3 is 19.7 Å². The van der Waals surface area contributed by atoms with E-state index in [1.807, 2.05) is 50.2 Å². The maximum absolute atomic E-state index is 11.4. The van der Waals surface area contributed by atoms with Crippen LogP contribution in [0, 0.1) is 19.3 Å². The number of nitrogens with zero attached hydrogens (tertiary/aromatic N) is 2. The number of rotatable bonds is 4. The molecular formula is C22H22N4O3. The predicted molar refractivity (Wildman–Crippen MR) is 112 cm³/mol. The Hall–Kier alpha value is -3.61. The minimum Gasteiger partial charge on any atom is -0.509 e. The number of benzene rings is 2. The fourth-order valence-corrected chi connectivity index (χ4v) is 3.47. The molecule has 0 aliphatic carbocycles. The molecule has 148 valence electrons. The number of amidine groups is 1. The van der Waals surface area contributed by atoms with Gasteiger partial charge in [-0.15, -0.1) is 0 Å². The van der Waals surface area contributed by atoms with Gasteiger partial charge in [0.1, 0.15) is 17.4 Å². The number of anilines is 1. The van der Waals surface area contributed by atoms with Crippen LogP contribution in [0.3, 0.4) is 0 Å². The van der Waals surface area contributed by atoms with Crippen LogP contribution in [0.15, 0.2) is 42.2 Å². The second kappa shape index (κ2) is 7.09. The third-order valence-electron chi connectivity index (χ3n) is 5.26. The summed E-state index contributed by atoms with van der Waals surface area (Å²) in [4.78, 5) is 20.9. The van der Waals surface area contributed by atoms with Crippen molar-refractivity contribution in [3.63, 3.8) is 0 Å². The highest BCUT2D eigenvalue weighted by Crippen LogP contribution is 2.31. The molecule has 0 saturated heterocycles. The second-order valence-electron chi connectivity index (χ2n) is 7.21. The summed E-state index contributed by atoms with van der Waals surface area (Å²) in [6.45, 7) is 4.26. The Morgan fingerprint density at radius 1 is 1.24 bits per heavy atom. The van der Waals surface area contributed by atoms with Crippen molar-refractivity contribution < 1.29 is 14.6 Å². The van der Waals surface area contributed by atoms with Crippen LogP contribution in [0.25, 0.3) is 16.6 Å². The number of aryl methyl sites for hydroxylation is 2. The fraction of sp³-hybridized carbons (Fsp3) is 0.227. The van der Waals surface area contributed by atoms with Gasteiger partial charge in [-0.1, -0.05) is 12.1 Å². The minimum absolute atomic E-state index is 0.0983. The van der Waals surface area contributed by atoms with E-state index in [0.29, 0.717) is 11.4 Å². The molecule has 1 aromatic heterocycles. The molecular weight excluding hydrogens is 368 g/mol. The van der Waals surface area contributed by atoms with E-state index in [-0.39, 0.29) is 30.5 Å². The molecule has 3 N–H and O–H groups in total. The van der Waals surface area contributed by atoms with Gasteiger partial charge in [-0.2, -0.15) is 0 Å². The topological polar surface area (TPSA) is 102 Å². The molecule has 0 amide bonds. The summed E-state index contributed by atoms with van der Waals surface area (Å²) < 4.78 is 4.68. The Morgan fingerprint density at radius 2 is 1.93 bits per heavy atom. The summed E-state index contributed by atoms with van der Waals surface area (Å²) in [5.41, 5.74) is 5.96. The lowest BCUT2D eigenvalue weighted by molar-refractivity contribution is -0.139. The lowest BCUT2D eigenvalue weighted by atomic mass is 10.1. The third kappa shape index (κ3) is 3.35. The summed E-state index contributed by atoms with van der Waals surface area (Å²) in [7, 11) is 1.36. The van der Waals surface area contributed by atoms with Gasteiger partial charge in [0.25, 0.3) is 0 Å². The van der Waals surface area contributed by atoms with E-state index in [1.54, 1.807) is 4.90 Å². The first-order chi connectivity index (χ1) is 13.9. The first-order valence-corrected chi connectivity index (χ1v) is 9.29. The van der Waals surface area contributed by atoms with Crippen LogP contribution in [0.2, 0.25) is 0 Å². The van der Waals surface area contributed by atoms with Crippen LogP contribution in [0.5, 0.6) is 0 Å². The number of aromatic amines is 1. The molecule has 4 rings (SSSR count). The quantitative estimate of drug-likeness (QED) is 0.590. The molecule has 0 spiro atoms. The third-order valence-corrected chi connectivity index (χ3v) is 5.26. The largest absolute Gasteiger partial charge is 0.509 e. The van der Waals surface area contributed by atoms with Gasteiger partial charge in [-0.25, -0.2) is 4.98 Å². The number of aliphatic hydroxyl groups is 1. The molecule has 0 bridgehead atoms. The molecule has 7 heteroatoms. The summed E-state index contributed by atoms with van der Waals surface area (Å²) in [5, 5.41) is 19.2. The molecule has 1 aliphatic heterocycles. The highest BCUT2D eigenvalue weighted by atomic mass is 16.5. The van der Waals surface area contributed by atoms with Crippen LogP contribution in [0.1, 0.15) is 22.5 Å². The number of hydrogen-bond acceptors (Lipinski definition) is 5. The Morgan fingerprint density at radius 3 is 2.62 bits per heavy atom. The fourth-order valence-electron chi connectivity index (χ4n) is 3.47. The van der Waals surface area contributed by atoms with Gasteiger partial charge >= 0.3 is 5.97 Å². The lowest BCUT2D eigenvalue weighted by Crippen LogP contribution is -2.26. The van der Waals surface area contributed by atoms with Gasteiger partial charge in [0.15, 0.2) is 0 Å². The number of aromatic nitrogens is 2. The minimum atomic E-state index is -0.302. The Labute approximate surface area is 168 Å². The van der Waals surface area contributed by atoms with Crippen LogP contribution in [-0.2, 0) is 16.0 Å². The van der Waals surface area contributed by atoms with Gasteiger partial charge in [0.2, 0.25) is 0 Å². The van der Waals surface area contributed by atoms with E-state index in [0.717, 1.165) is 33.4 Å². The highest BCUT2D eigenvalue weighted by Gasteiger charge is 2.31. The van der Waals surface area contributed by atoms with Crippen molar-refractivity contribution >= 4 is 34.1 Å². The number of aliphatic hydroxyl groups excluding tert-OH is 1. The molecule has 0 radical (unpaired) electrons. The first-order valence-electron chi connectivity index (χ1n) is 9.29. The lowest BCUT2D eigenvalue weighted by Gasteiger charge is -2.18. The van der Waals surface area contributed by atoms with Crippen molar-refractivity contribution in [1.82, 2.24) is 9.97 Å². The van der Waals surface area contributed by atoms with Crippen LogP contribution in [0.4, 0.5) is 5.69 Å². The van der Waals surface area contributed by atoms with Crippen molar-refractivity contribution in [3.8, 4) is 0 Å². The Bertz CT molecular complexity index is 1120. The van der Waals surface area contributed by atoms with E-state index in [4.69, 9.17) is 5.41 Å². The number of carbonyl (C=O) groups excluding carboxylic acids is 1. The monoisotopic (exact) mass is 390 g/mol. The van der Waals surface area contributed by atoms with Crippen molar-refractivity contribution in [3.05, 3.63) is 64.7 Å². The molecule has 1 aliphatic rings. The molecule has 0 atom stereocenters.